The van der Waals surface area contributed by atoms with Crippen LogP contribution >= 0.6 is 0 Å². The summed E-state index contributed by atoms with van der Waals surface area (Å²) in [5.74, 6) is 0.289. The second kappa shape index (κ2) is 22.2. The van der Waals surface area contributed by atoms with Crippen molar-refractivity contribution >= 4 is 34.7 Å². The molecule has 247 valence electrons. The Bertz CT molecular complexity index is 1640. The first-order valence-electron chi connectivity index (χ1n) is 16.0. The van der Waals surface area contributed by atoms with Crippen LogP contribution in [0.5, 0.6) is 0 Å². The standard InChI is InChI=1S/3C15H11O2.Nd/c3*16-14(12-7-3-1-4-8-12)11-15(17)13-9-5-2-6-10-13;/h3*1-11H;/q3*+1;+3/p+6. The molecule has 6 aromatic carbocycles. The fraction of sp³-hybridized carbons (Fsp3) is 0. The molecule has 0 aromatic heterocycles. The molecule has 0 atom stereocenters. The minimum atomic E-state index is 0. The van der Waals surface area contributed by atoms with Crippen LogP contribution in [0.1, 0.15) is 33.4 Å². The van der Waals surface area contributed by atoms with Gasteiger partial charge in [0, 0.05) is 72.8 Å². The zero-order chi connectivity index (χ0) is 36.3. The molecule has 1 radical (unpaired) electrons. The zero-order valence-corrected chi connectivity index (χ0v) is 31.4. The van der Waals surface area contributed by atoms with Crippen LogP contribution in [-0.2, 0) is 0 Å². The number of hydrogen-bond acceptors (Lipinski definition) is 0. The Hall–Kier alpha value is -5.70. The van der Waals surface area contributed by atoms with E-state index in [-0.39, 0.29) is 75.5 Å². The second-order valence-electron chi connectivity index (χ2n) is 10.9. The van der Waals surface area contributed by atoms with Crippen LogP contribution in [0.15, 0.2) is 182 Å². The van der Waals surface area contributed by atoms with Crippen molar-refractivity contribution in [3.05, 3.63) is 235 Å². The molecule has 0 bridgehead atoms. The van der Waals surface area contributed by atoms with Gasteiger partial charge in [-0.25, -0.2) is 28.8 Å². The second-order valence-corrected chi connectivity index (χ2v) is 10.9. The smallest absolute Gasteiger partial charge is 0.249 e. The van der Waals surface area contributed by atoms with Gasteiger partial charge in [-0.05, 0) is 72.8 Å². The van der Waals surface area contributed by atoms with Crippen molar-refractivity contribution in [3.8, 4) is 0 Å². The molecule has 0 amide bonds. The van der Waals surface area contributed by atoms with E-state index in [2.05, 4.69) is 0 Å². The first-order chi connectivity index (χ1) is 24.8. The number of benzene rings is 6. The summed E-state index contributed by atoms with van der Waals surface area (Å²) in [7, 11) is 0. The normalized spacial score (nSPS) is 9.46. The van der Waals surface area contributed by atoms with Crippen LogP contribution in [0, 0.1) is 60.1 Å². The fourth-order valence-corrected chi connectivity index (χ4v) is 4.54. The van der Waals surface area contributed by atoms with Crippen molar-refractivity contribution < 1.29 is 69.6 Å². The Labute approximate surface area is 336 Å². The summed E-state index contributed by atoms with van der Waals surface area (Å²) in [5, 5.41) is 0. The van der Waals surface area contributed by atoms with Gasteiger partial charge < -0.3 is 0 Å². The largest absolute Gasteiger partial charge is 3.00 e. The molecular weight excluding hydrogens is 781 g/mol. The summed E-state index contributed by atoms with van der Waals surface area (Å²) in [5.41, 5.74) is 4.06. The molecule has 6 aromatic rings. The summed E-state index contributed by atoms with van der Waals surface area (Å²) in [6, 6.07) is 54.6. The maximum atomic E-state index is 9.83. The third kappa shape index (κ3) is 13.5. The monoisotopic (exact) mass is 817 g/mol. The van der Waals surface area contributed by atoms with Crippen LogP contribution in [0.2, 0.25) is 0 Å². The van der Waals surface area contributed by atoms with Gasteiger partial charge >= 0.3 is 75.5 Å². The molecule has 0 unspecified atom stereocenters. The number of rotatable bonds is 12. The van der Waals surface area contributed by atoms with Crippen LogP contribution in [-0.4, -0.2) is 63.5 Å². The third-order valence-corrected chi connectivity index (χ3v) is 7.24. The van der Waals surface area contributed by atoms with E-state index < -0.39 is 0 Å². The van der Waals surface area contributed by atoms with Crippen LogP contribution in [0.4, 0.5) is 0 Å². The molecule has 0 fully saturated rings. The Morgan fingerprint density at radius 1 is 0.231 bits per heavy atom. The van der Waals surface area contributed by atoms with E-state index in [0.717, 1.165) is 0 Å². The van der Waals surface area contributed by atoms with E-state index >= 15 is 0 Å². The Kier molecular flexibility index (Phi) is 17.4. The minimum absolute atomic E-state index is 0. The maximum absolute atomic E-state index is 9.83. The molecule has 0 saturated carbocycles. The topological polar surface area (TPSA) is 128 Å². The quantitative estimate of drug-likeness (QED) is 0.0539. The summed E-state index contributed by atoms with van der Waals surface area (Å²) < 4.78 is 0. The maximum Gasteiger partial charge on any atom is 3.00 e. The van der Waals surface area contributed by atoms with Crippen LogP contribution in [0.25, 0.3) is 0 Å². The van der Waals surface area contributed by atoms with E-state index in [1.165, 1.54) is 19.3 Å². The van der Waals surface area contributed by atoms with Crippen LogP contribution in [0.3, 0.4) is 0 Å². The van der Waals surface area contributed by atoms with Gasteiger partial charge in [0.1, 0.15) is 0 Å². The van der Waals surface area contributed by atoms with Gasteiger partial charge in [-0.15, -0.1) is 0 Å². The van der Waals surface area contributed by atoms with Crippen molar-refractivity contribution in [3.63, 3.8) is 0 Å². The molecule has 0 heterocycles. The summed E-state index contributed by atoms with van der Waals surface area (Å²) in [6.45, 7) is 0. The first kappa shape index (κ1) is 40.7. The van der Waals surface area contributed by atoms with Gasteiger partial charge in [-0.3, -0.25) is 0 Å². The molecule has 6 rings (SSSR count). The molecule has 6 N–H and O–H groups in total. The van der Waals surface area contributed by atoms with E-state index in [1.54, 1.807) is 72.8 Å². The molecule has 0 aliphatic carbocycles. The van der Waals surface area contributed by atoms with E-state index in [1.807, 2.05) is 109 Å². The van der Waals surface area contributed by atoms with Crippen molar-refractivity contribution in [2.75, 3.05) is 0 Å². The predicted molar refractivity (Wildman–Crippen MR) is 208 cm³/mol. The molecule has 7 heteroatoms. The van der Waals surface area contributed by atoms with Gasteiger partial charge in [0.05, 0.1) is 0 Å². The third-order valence-electron chi connectivity index (χ3n) is 7.24. The van der Waals surface area contributed by atoms with Gasteiger partial charge in [0.2, 0.25) is 0 Å². The zero-order valence-electron chi connectivity index (χ0n) is 28.2. The van der Waals surface area contributed by atoms with Crippen molar-refractivity contribution in [2.24, 2.45) is 0 Å². The van der Waals surface area contributed by atoms with Crippen molar-refractivity contribution in [1.82, 2.24) is 0 Å². The molecule has 6 nitrogen and oxygen atoms in total. The van der Waals surface area contributed by atoms with E-state index in [0.29, 0.717) is 33.4 Å². The molecule has 0 spiro atoms. The summed E-state index contributed by atoms with van der Waals surface area (Å²) in [6.07, 6.45) is 4.06. The molecule has 0 saturated heterocycles. The Balaban J connectivity index is 0.000000208. The molecule has 0 aliphatic rings. The fourth-order valence-electron chi connectivity index (χ4n) is 4.54. The number of ketones is 6. The Morgan fingerprint density at radius 2 is 0.346 bits per heavy atom. The SMILES string of the molecule is [Nd+3].[OH+]=C([CH+]C(=[OH+])c1ccccc1)c1ccccc1.[OH+]=C([CH+]C(=[OH+])c1ccccc1)c1ccccc1.[OH+]=C([CH+]C(=[OH+])c1ccccc1)c1ccccc1. The van der Waals surface area contributed by atoms with E-state index in [9.17, 15) is 28.8 Å². The predicted octanol–water partition coefficient (Wildman–Crippen LogP) is 7.13. The minimum Gasteiger partial charge on any atom is -0.249 e. The summed E-state index contributed by atoms with van der Waals surface area (Å²) >= 11 is 0. The van der Waals surface area contributed by atoms with Gasteiger partial charge in [-0.2, -0.15) is 0 Å². The van der Waals surface area contributed by atoms with Crippen molar-refractivity contribution in [2.45, 2.75) is 0 Å². The molecular formula is C45H39NdO6+12. The average molecular weight is 820 g/mol. The number of hydrogen-bond donors (Lipinski definition) is 0. The molecule has 0 aliphatic heterocycles. The first-order valence-corrected chi connectivity index (χ1v) is 16.0. The van der Waals surface area contributed by atoms with Gasteiger partial charge in [0.15, 0.2) is 33.4 Å². The Morgan fingerprint density at radius 3 is 0.462 bits per heavy atom. The van der Waals surface area contributed by atoms with Gasteiger partial charge in [0.25, 0.3) is 19.3 Å². The van der Waals surface area contributed by atoms with E-state index in [4.69, 9.17) is 0 Å². The number of carbonyl (C=O) groups excluding carboxylic acids is 6. The summed E-state index contributed by atoms with van der Waals surface area (Å²) in [4.78, 5) is 59.0. The average Bonchev–Trinajstić information content (AvgIpc) is 3.20. The van der Waals surface area contributed by atoms with Crippen LogP contribution < -0.4 is 0 Å². The van der Waals surface area contributed by atoms with Crippen molar-refractivity contribution in [1.29, 1.82) is 0 Å². The molecule has 52 heavy (non-hydrogen) atoms. The van der Waals surface area contributed by atoms with Gasteiger partial charge in [-0.1, -0.05) is 36.4 Å².